The van der Waals surface area contributed by atoms with Gasteiger partial charge in [0.1, 0.15) is 6.33 Å². The third-order valence-electron chi connectivity index (χ3n) is 5.02. The molecule has 0 spiro atoms. The third-order valence-corrected chi connectivity index (χ3v) is 7.76. The molecule has 2 N–H and O–H groups in total. The first kappa shape index (κ1) is 24.9. The SMILES string of the molecule is COCCCS(=O)(=O)c1ccc(C(=NO[C@@H]2CCOC2)C(=O)Nc2ncc(-c3ncn[nH]3)s2)cc1. The highest BCUT2D eigenvalue weighted by Crippen LogP contribution is 2.26. The van der Waals surface area contributed by atoms with Crippen LogP contribution >= 0.6 is 11.3 Å². The standard InChI is InChI=1S/C21H24N6O6S2/c1-31-8-2-10-35(29,30)16-5-3-14(4-6-16)18(27-33-15-7-9-32-12-15)20(28)25-21-22-11-17(34-21)19-23-13-24-26-19/h3-6,11,13,15H,2,7-10,12H2,1H3,(H,22,25,28)(H,23,24,26)/t15-/m1/s1. The number of rotatable bonds is 11. The summed E-state index contributed by atoms with van der Waals surface area (Å²) in [5, 5.41) is 13.7. The highest BCUT2D eigenvalue weighted by atomic mass is 32.2. The number of benzene rings is 1. The van der Waals surface area contributed by atoms with Crippen LogP contribution in [0.3, 0.4) is 0 Å². The lowest BCUT2D eigenvalue weighted by molar-refractivity contribution is -0.110. The minimum atomic E-state index is -3.48. The van der Waals surface area contributed by atoms with E-state index in [1.807, 2.05) is 0 Å². The number of hydrogen-bond acceptors (Lipinski definition) is 11. The number of methoxy groups -OCH3 is 1. The first-order chi connectivity index (χ1) is 17.0. The van der Waals surface area contributed by atoms with Crippen LogP contribution in [0.1, 0.15) is 18.4 Å². The molecule has 1 atom stereocenters. The van der Waals surface area contributed by atoms with E-state index in [-0.39, 0.29) is 22.5 Å². The average Bonchev–Trinajstić information content (AvgIpc) is 3.62. The molecule has 3 aromatic rings. The zero-order valence-corrected chi connectivity index (χ0v) is 20.5. The molecule has 0 aliphatic carbocycles. The Balaban J connectivity index is 1.53. The van der Waals surface area contributed by atoms with Gasteiger partial charge in [-0.2, -0.15) is 5.10 Å². The summed E-state index contributed by atoms with van der Waals surface area (Å²) >= 11 is 1.21. The highest BCUT2D eigenvalue weighted by molar-refractivity contribution is 7.91. The Bertz CT molecular complexity index is 1250. The monoisotopic (exact) mass is 520 g/mol. The van der Waals surface area contributed by atoms with Gasteiger partial charge in [-0.15, -0.1) is 0 Å². The Labute approximate surface area is 205 Å². The Morgan fingerprint density at radius 1 is 1.31 bits per heavy atom. The second kappa shape index (κ2) is 11.5. The minimum absolute atomic E-state index is 0.0170. The number of aromatic amines is 1. The Morgan fingerprint density at radius 2 is 2.14 bits per heavy atom. The second-order valence-electron chi connectivity index (χ2n) is 7.54. The number of amides is 1. The van der Waals surface area contributed by atoms with Gasteiger partial charge < -0.3 is 14.3 Å². The van der Waals surface area contributed by atoms with Gasteiger partial charge in [-0.1, -0.05) is 28.6 Å². The molecule has 14 heteroatoms. The van der Waals surface area contributed by atoms with Gasteiger partial charge in [0.25, 0.3) is 5.91 Å². The van der Waals surface area contributed by atoms with Gasteiger partial charge in [0.05, 0.1) is 34.9 Å². The third kappa shape index (κ3) is 6.48. The molecule has 1 aromatic carbocycles. The molecule has 1 saturated heterocycles. The maximum Gasteiger partial charge on any atom is 0.280 e. The number of carbonyl (C=O) groups excluding carboxylic acids is 1. The summed E-state index contributed by atoms with van der Waals surface area (Å²) in [6.07, 6.45) is 3.72. The van der Waals surface area contributed by atoms with Gasteiger partial charge >= 0.3 is 0 Å². The maximum atomic E-state index is 13.1. The number of aromatic nitrogens is 4. The zero-order chi connectivity index (χ0) is 24.7. The van der Waals surface area contributed by atoms with Crippen LogP contribution in [0.2, 0.25) is 0 Å². The normalized spacial score (nSPS) is 16.4. The number of thiazole rings is 1. The topological polar surface area (TPSA) is 158 Å². The molecule has 1 aliphatic heterocycles. The average molecular weight is 521 g/mol. The predicted octanol–water partition coefficient (Wildman–Crippen LogP) is 1.89. The molecule has 12 nitrogen and oxygen atoms in total. The van der Waals surface area contributed by atoms with Crippen molar-refractivity contribution in [1.29, 1.82) is 0 Å². The van der Waals surface area contributed by atoms with E-state index in [4.69, 9.17) is 14.3 Å². The van der Waals surface area contributed by atoms with E-state index in [2.05, 4.69) is 30.6 Å². The van der Waals surface area contributed by atoms with Crippen LogP contribution < -0.4 is 5.32 Å². The Hall–Kier alpha value is -3.20. The van der Waals surface area contributed by atoms with E-state index in [9.17, 15) is 13.2 Å². The molecular formula is C21H24N6O6S2. The van der Waals surface area contributed by atoms with Crippen molar-refractivity contribution in [3.8, 4) is 10.7 Å². The van der Waals surface area contributed by atoms with Crippen LogP contribution in [-0.2, 0) is 28.9 Å². The zero-order valence-electron chi connectivity index (χ0n) is 18.8. The lowest BCUT2D eigenvalue weighted by atomic mass is 10.1. The van der Waals surface area contributed by atoms with Crippen molar-refractivity contribution < 1.29 is 27.5 Å². The summed E-state index contributed by atoms with van der Waals surface area (Å²) in [4.78, 5) is 27.8. The Kier molecular flexibility index (Phi) is 8.17. The molecule has 0 bridgehead atoms. The van der Waals surface area contributed by atoms with Crippen molar-refractivity contribution in [1.82, 2.24) is 20.2 Å². The predicted molar refractivity (Wildman–Crippen MR) is 128 cm³/mol. The van der Waals surface area contributed by atoms with Crippen LogP contribution in [0.4, 0.5) is 5.13 Å². The fraction of sp³-hybridized carbons (Fsp3) is 0.381. The van der Waals surface area contributed by atoms with Gasteiger partial charge in [0, 0.05) is 25.7 Å². The molecule has 1 fully saturated rings. The van der Waals surface area contributed by atoms with Crippen LogP contribution in [0.15, 0.2) is 46.8 Å². The molecule has 1 amide bonds. The number of nitrogens with zero attached hydrogens (tertiary/aromatic N) is 4. The highest BCUT2D eigenvalue weighted by Gasteiger charge is 2.22. The number of anilines is 1. The van der Waals surface area contributed by atoms with Gasteiger partial charge in [-0.25, -0.2) is 18.4 Å². The second-order valence-corrected chi connectivity index (χ2v) is 10.7. The van der Waals surface area contributed by atoms with E-state index in [1.165, 1.54) is 49.0 Å². The van der Waals surface area contributed by atoms with Gasteiger partial charge in [-0.3, -0.25) is 15.2 Å². The molecule has 0 unspecified atom stereocenters. The van der Waals surface area contributed by atoms with Crippen molar-refractivity contribution in [2.75, 3.05) is 38.0 Å². The van der Waals surface area contributed by atoms with E-state index in [1.54, 1.807) is 6.20 Å². The molecule has 186 valence electrons. The van der Waals surface area contributed by atoms with E-state index in [0.717, 1.165) is 0 Å². The smallest absolute Gasteiger partial charge is 0.280 e. The number of carbonyl (C=O) groups is 1. The van der Waals surface area contributed by atoms with Gasteiger partial charge in [0.15, 0.2) is 32.6 Å². The van der Waals surface area contributed by atoms with Crippen molar-refractivity contribution in [3.05, 3.63) is 42.4 Å². The van der Waals surface area contributed by atoms with E-state index < -0.39 is 15.7 Å². The number of nitrogens with one attached hydrogen (secondary N) is 2. The number of oxime groups is 1. The van der Waals surface area contributed by atoms with Crippen LogP contribution in [0.5, 0.6) is 0 Å². The summed E-state index contributed by atoms with van der Waals surface area (Å²) in [5.41, 5.74) is 0.376. The fourth-order valence-corrected chi connectivity index (χ4v) is 5.24. The number of hydrogen-bond donors (Lipinski definition) is 2. The van der Waals surface area contributed by atoms with Crippen LogP contribution in [0, 0.1) is 0 Å². The summed E-state index contributed by atoms with van der Waals surface area (Å²) in [7, 11) is -1.96. The van der Waals surface area contributed by atoms with Crippen LogP contribution in [-0.4, -0.2) is 79.0 Å². The number of H-pyrrole nitrogens is 1. The van der Waals surface area contributed by atoms with Crippen molar-refractivity contribution in [2.45, 2.75) is 23.8 Å². The number of sulfone groups is 1. The molecule has 0 radical (unpaired) electrons. The fourth-order valence-electron chi connectivity index (χ4n) is 3.20. The summed E-state index contributed by atoms with van der Waals surface area (Å²) in [6.45, 7) is 1.29. The lowest BCUT2D eigenvalue weighted by Crippen LogP contribution is -2.25. The summed E-state index contributed by atoms with van der Waals surface area (Å²) < 4.78 is 35.3. The van der Waals surface area contributed by atoms with Crippen molar-refractivity contribution >= 4 is 37.9 Å². The molecule has 3 heterocycles. The maximum absolute atomic E-state index is 13.1. The Morgan fingerprint density at radius 3 is 2.83 bits per heavy atom. The van der Waals surface area contributed by atoms with E-state index in [0.29, 0.717) is 54.1 Å². The molecule has 0 saturated carbocycles. The molecular weight excluding hydrogens is 496 g/mol. The minimum Gasteiger partial charge on any atom is -0.389 e. The largest absolute Gasteiger partial charge is 0.389 e. The quantitative estimate of drug-likeness (QED) is 0.219. The summed E-state index contributed by atoms with van der Waals surface area (Å²) in [6, 6.07) is 5.95. The molecule has 2 aromatic heterocycles. The first-order valence-electron chi connectivity index (χ1n) is 10.7. The molecule has 4 rings (SSSR count). The lowest BCUT2D eigenvalue weighted by Gasteiger charge is -2.10. The summed E-state index contributed by atoms with van der Waals surface area (Å²) in [5.74, 6) is -0.0638. The molecule has 35 heavy (non-hydrogen) atoms. The van der Waals surface area contributed by atoms with E-state index >= 15 is 0 Å². The van der Waals surface area contributed by atoms with Gasteiger partial charge in [0.2, 0.25) is 0 Å². The van der Waals surface area contributed by atoms with Crippen LogP contribution in [0.25, 0.3) is 10.7 Å². The number of ether oxygens (including phenoxy) is 2. The van der Waals surface area contributed by atoms with Crippen molar-refractivity contribution in [3.63, 3.8) is 0 Å². The van der Waals surface area contributed by atoms with Gasteiger partial charge in [-0.05, 0) is 18.6 Å². The van der Waals surface area contributed by atoms with Crippen molar-refractivity contribution in [2.24, 2.45) is 5.16 Å². The first-order valence-corrected chi connectivity index (χ1v) is 13.2. The molecule has 1 aliphatic rings.